The van der Waals surface area contributed by atoms with Gasteiger partial charge in [-0.05, 0) is 50.1 Å². The first-order valence-corrected chi connectivity index (χ1v) is 11.9. The number of imidazole rings is 1. The summed E-state index contributed by atoms with van der Waals surface area (Å²) in [6.45, 7) is 8.55. The fourth-order valence-electron chi connectivity index (χ4n) is 4.13. The number of rotatable bonds is 10. The molecular formula is C27H35N3O4. The Balaban J connectivity index is 1.28. The lowest BCUT2D eigenvalue weighted by Gasteiger charge is -2.30. The van der Waals surface area contributed by atoms with E-state index < -0.39 is 5.60 Å². The van der Waals surface area contributed by atoms with Gasteiger partial charge in [-0.25, -0.2) is 4.98 Å². The van der Waals surface area contributed by atoms with Gasteiger partial charge in [0, 0.05) is 38.6 Å². The number of hydrogen-bond acceptors (Lipinski definition) is 6. The summed E-state index contributed by atoms with van der Waals surface area (Å²) in [4.78, 5) is 6.47. The lowest BCUT2D eigenvalue weighted by Crippen LogP contribution is -2.48. The summed E-state index contributed by atoms with van der Waals surface area (Å²) in [7, 11) is 0. The Morgan fingerprint density at radius 1 is 1.09 bits per heavy atom. The Morgan fingerprint density at radius 2 is 1.94 bits per heavy atom. The van der Waals surface area contributed by atoms with E-state index >= 15 is 0 Å². The van der Waals surface area contributed by atoms with Gasteiger partial charge in [-0.3, -0.25) is 4.90 Å². The summed E-state index contributed by atoms with van der Waals surface area (Å²) in [6.07, 6.45) is 4.73. The van der Waals surface area contributed by atoms with Gasteiger partial charge in [-0.15, -0.1) is 0 Å². The predicted octanol–water partition coefficient (Wildman–Crippen LogP) is 3.61. The number of aromatic nitrogens is 2. The van der Waals surface area contributed by atoms with Crippen LogP contribution in [0.2, 0.25) is 0 Å². The van der Waals surface area contributed by atoms with Crippen LogP contribution < -0.4 is 9.47 Å². The van der Waals surface area contributed by atoms with Crippen molar-refractivity contribution in [3.05, 3.63) is 77.9 Å². The second-order valence-electron chi connectivity index (χ2n) is 9.11. The monoisotopic (exact) mass is 465 g/mol. The highest BCUT2D eigenvalue weighted by molar-refractivity contribution is 5.29. The van der Waals surface area contributed by atoms with Gasteiger partial charge in [0.1, 0.15) is 29.5 Å². The van der Waals surface area contributed by atoms with Gasteiger partial charge in [0.15, 0.2) is 0 Å². The van der Waals surface area contributed by atoms with Crippen LogP contribution in [0.4, 0.5) is 0 Å². The summed E-state index contributed by atoms with van der Waals surface area (Å²) in [5.41, 5.74) is 1.25. The Kier molecular flexibility index (Phi) is 8.21. The van der Waals surface area contributed by atoms with Crippen LogP contribution in [0.25, 0.3) is 0 Å². The van der Waals surface area contributed by atoms with E-state index in [4.69, 9.17) is 14.2 Å². The number of β-amino-alcohol motifs (C(OH)–C–C–N with tert-alkyl or cyclic N) is 1. The molecular weight excluding hydrogens is 430 g/mol. The molecule has 1 atom stereocenters. The zero-order valence-electron chi connectivity index (χ0n) is 20.2. The van der Waals surface area contributed by atoms with Crippen LogP contribution in [-0.2, 0) is 17.8 Å². The van der Waals surface area contributed by atoms with Crippen molar-refractivity contribution in [1.29, 1.82) is 0 Å². The highest BCUT2D eigenvalue weighted by Gasteiger charge is 2.33. The molecule has 2 heterocycles. The van der Waals surface area contributed by atoms with Crippen molar-refractivity contribution in [2.24, 2.45) is 0 Å². The first kappa shape index (κ1) is 24.3. The van der Waals surface area contributed by atoms with E-state index in [0.717, 1.165) is 42.4 Å². The summed E-state index contributed by atoms with van der Waals surface area (Å²) >= 11 is 0. The van der Waals surface area contributed by atoms with Crippen LogP contribution >= 0.6 is 0 Å². The summed E-state index contributed by atoms with van der Waals surface area (Å²) < 4.78 is 19.7. The molecule has 7 heteroatoms. The maximum atomic E-state index is 11.2. The topological polar surface area (TPSA) is 69.0 Å². The maximum Gasteiger partial charge on any atom is 0.134 e. The number of benzene rings is 2. The van der Waals surface area contributed by atoms with E-state index in [1.54, 1.807) is 0 Å². The van der Waals surface area contributed by atoms with Gasteiger partial charge < -0.3 is 23.9 Å². The highest BCUT2D eigenvalue weighted by atomic mass is 16.5. The molecule has 1 fully saturated rings. The molecule has 34 heavy (non-hydrogen) atoms. The molecule has 0 unspecified atom stereocenters. The van der Waals surface area contributed by atoms with Gasteiger partial charge >= 0.3 is 0 Å². The Labute approximate surface area is 201 Å². The van der Waals surface area contributed by atoms with E-state index in [9.17, 15) is 5.11 Å². The van der Waals surface area contributed by atoms with Gasteiger partial charge in [-0.1, -0.05) is 29.8 Å². The summed E-state index contributed by atoms with van der Waals surface area (Å²) in [5.74, 6) is 2.64. The number of nitrogens with zero attached hydrogens (tertiary/aromatic N) is 3. The molecule has 0 saturated carbocycles. The van der Waals surface area contributed by atoms with Crippen molar-refractivity contribution in [2.45, 2.75) is 39.0 Å². The second-order valence-corrected chi connectivity index (χ2v) is 9.11. The second kappa shape index (κ2) is 11.5. The van der Waals surface area contributed by atoms with Crippen LogP contribution in [-0.4, -0.2) is 64.7 Å². The summed E-state index contributed by atoms with van der Waals surface area (Å²) in [5, 5.41) is 11.2. The molecule has 0 amide bonds. The SMILES string of the molecule is Cc1ccc(OC[C@@]2(O)COCCN(Cc3cccc(OCCCn4ccnc4C)c3)C2)cc1. The van der Waals surface area contributed by atoms with E-state index in [1.807, 2.05) is 62.6 Å². The third-order valence-corrected chi connectivity index (χ3v) is 6.01. The fourth-order valence-corrected chi connectivity index (χ4v) is 4.13. The third-order valence-electron chi connectivity index (χ3n) is 6.01. The third kappa shape index (κ3) is 7.06. The average molecular weight is 466 g/mol. The Hall–Kier alpha value is -2.87. The predicted molar refractivity (Wildman–Crippen MR) is 131 cm³/mol. The van der Waals surface area contributed by atoms with Crippen LogP contribution in [0.5, 0.6) is 11.5 Å². The zero-order chi connectivity index (χ0) is 23.8. The van der Waals surface area contributed by atoms with E-state index in [-0.39, 0.29) is 13.2 Å². The minimum atomic E-state index is -1.07. The van der Waals surface area contributed by atoms with Crippen molar-refractivity contribution in [2.75, 3.05) is 39.5 Å². The molecule has 0 aliphatic carbocycles. The molecule has 1 N–H and O–H groups in total. The number of aryl methyl sites for hydroxylation is 3. The number of aliphatic hydroxyl groups is 1. The maximum absolute atomic E-state index is 11.2. The Morgan fingerprint density at radius 3 is 2.74 bits per heavy atom. The minimum Gasteiger partial charge on any atom is -0.494 e. The first-order valence-electron chi connectivity index (χ1n) is 11.9. The summed E-state index contributed by atoms with van der Waals surface area (Å²) in [6, 6.07) is 16.0. The Bertz CT molecular complexity index is 1040. The average Bonchev–Trinajstić information content (AvgIpc) is 3.14. The molecule has 4 rings (SSSR count). The molecule has 1 aromatic heterocycles. The standard InChI is InChI=1S/C27H35N3O4/c1-22-7-9-25(10-8-22)34-21-27(31)19-29(14-16-32-20-27)18-24-5-3-6-26(17-24)33-15-4-12-30-13-11-28-23(30)2/h3,5-11,13,17,31H,4,12,14-16,18-21H2,1-2H3/t27-/m0/s1. The van der Waals surface area contributed by atoms with Crippen molar-refractivity contribution < 1.29 is 19.3 Å². The van der Waals surface area contributed by atoms with Gasteiger partial charge in [0.25, 0.3) is 0 Å². The lowest BCUT2D eigenvalue weighted by atomic mass is 10.1. The van der Waals surface area contributed by atoms with Crippen molar-refractivity contribution in [3.63, 3.8) is 0 Å². The van der Waals surface area contributed by atoms with Crippen molar-refractivity contribution >= 4 is 0 Å². The van der Waals surface area contributed by atoms with Crippen LogP contribution in [0, 0.1) is 13.8 Å². The number of ether oxygens (including phenoxy) is 3. The van der Waals surface area contributed by atoms with Crippen LogP contribution in [0.3, 0.4) is 0 Å². The minimum absolute atomic E-state index is 0.187. The normalized spacial score (nSPS) is 19.0. The molecule has 0 spiro atoms. The largest absolute Gasteiger partial charge is 0.494 e. The highest BCUT2D eigenvalue weighted by Crippen LogP contribution is 2.20. The van der Waals surface area contributed by atoms with Crippen LogP contribution in [0.1, 0.15) is 23.4 Å². The smallest absolute Gasteiger partial charge is 0.134 e. The van der Waals surface area contributed by atoms with Gasteiger partial charge in [-0.2, -0.15) is 0 Å². The van der Waals surface area contributed by atoms with Crippen molar-refractivity contribution in [3.8, 4) is 11.5 Å². The van der Waals surface area contributed by atoms with Gasteiger partial charge in [0.2, 0.25) is 0 Å². The molecule has 0 bridgehead atoms. The molecule has 1 saturated heterocycles. The quantitative estimate of drug-likeness (QED) is 0.462. The molecule has 3 aromatic rings. The molecule has 182 valence electrons. The fraction of sp³-hybridized carbons (Fsp3) is 0.444. The molecule has 0 radical (unpaired) electrons. The van der Waals surface area contributed by atoms with E-state index in [1.165, 1.54) is 5.56 Å². The molecule has 2 aromatic carbocycles. The molecule has 1 aliphatic heterocycles. The first-order chi connectivity index (χ1) is 16.5. The van der Waals surface area contributed by atoms with Gasteiger partial charge in [0.05, 0.1) is 19.8 Å². The molecule has 7 nitrogen and oxygen atoms in total. The van der Waals surface area contributed by atoms with Crippen molar-refractivity contribution in [1.82, 2.24) is 14.5 Å². The lowest BCUT2D eigenvalue weighted by molar-refractivity contribution is -0.0646. The molecule has 1 aliphatic rings. The van der Waals surface area contributed by atoms with E-state index in [0.29, 0.717) is 26.3 Å². The van der Waals surface area contributed by atoms with E-state index in [2.05, 4.69) is 26.6 Å². The van der Waals surface area contributed by atoms with Crippen LogP contribution in [0.15, 0.2) is 60.9 Å². The number of hydrogen-bond donors (Lipinski definition) is 1. The zero-order valence-corrected chi connectivity index (χ0v) is 20.2.